The first-order chi connectivity index (χ1) is 8.24. The van der Waals surface area contributed by atoms with Gasteiger partial charge in [0.15, 0.2) is 0 Å². The Kier molecular flexibility index (Phi) is 4.70. The first kappa shape index (κ1) is 14.9. The summed E-state index contributed by atoms with van der Waals surface area (Å²) in [7, 11) is 3.36. The third kappa shape index (κ3) is 3.96. The predicted octanol–water partition coefficient (Wildman–Crippen LogP) is 1.73. The molecule has 0 bridgehead atoms. The summed E-state index contributed by atoms with van der Waals surface area (Å²) >= 11 is 3.29. The topological polar surface area (TPSA) is 65.5 Å². The van der Waals surface area contributed by atoms with Crippen LogP contribution in [-0.2, 0) is 0 Å². The first-order valence-electron chi connectivity index (χ1n) is 5.56. The number of aromatic nitrogens is 1. The molecule has 6 heteroatoms. The normalized spacial score (nSPS) is 11.2. The van der Waals surface area contributed by atoms with Crippen LogP contribution in [-0.4, -0.2) is 47.1 Å². The largest absolute Gasteiger partial charge is 0.389 e. The van der Waals surface area contributed by atoms with E-state index in [0.717, 1.165) is 4.47 Å². The van der Waals surface area contributed by atoms with Crippen LogP contribution in [0.15, 0.2) is 16.7 Å². The minimum absolute atomic E-state index is 0.185. The number of halogens is 1. The highest BCUT2D eigenvalue weighted by Crippen LogP contribution is 2.19. The zero-order chi connectivity index (χ0) is 13.9. The predicted molar refractivity (Wildman–Crippen MR) is 74.7 cm³/mol. The number of hydrogen-bond donors (Lipinski definition) is 2. The summed E-state index contributed by atoms with van der Waals surface area (Å²) < 4.78 is 0.738. The molecule has 0 fully saturated rings. The fourth-order valence-electron chi connectivity index (χ4n) is 1.66. The van der Waals surface area contributed by atoms with Gasteiger partial charge in [-0.2, -0.15) is 0 Å². The molecule has 0 saturated carbocycles. The Morgan fingerprint density at radius 1 is 1.61 bits per heavy atom. The van der Waals surface area contributed by atoms with Gasteiger partial charge >= 0.3 is 0 Å². The van der Waals surface area contributed by atoms with E-state index in [1.807, 2.05) is 0 Å². The average Bonchev–Trinajstić information content (AvgIpc) is 2.25. The minimum atomic E-state index is -0.927. The summed E-state index contributed by atoms with van der Waals surface area (Å²) in [6.07, 6.45) is 1.62. The van der Waals surface area contributed by atoms with Crippen LogP contribution in [0.3, 0.4) is 0 Å². The van der Waals surface area contributed by atoms with Crippen molar-refractivity contribution in [3.8, 4) is 0 Å². The number of pyridine rings is 1. The van der Waals surface area contributed by atoms with Crippen LogP contribution in [0.4, 0.5) is 5.82 Å². The van der Waals surface area contributed by atoms with Gasteiger partial charge in [0, 0.05) is 31.3 Å². The molecule has 5 nitrogen and oxygen atoms in total. The molecule has 1 amide bonds. The van der Waals surface area contributed by atoms with Gasteiger partial charge in [0.05, 0.1) is 11.2 Å². The second-order valence-corrected chi connectivity index (χ2v) is 5.69. The zero-order valence-electron chi connectivity index (χ0n) is 11.0. The molecule has 2 N–H and O–H groups in total. The van der Waals surface area contributed by atoms with Crippen molar-refractivity contribution >= 4 is 27.7 Å². The Morgan fingerprint density at radius 3 is 2.72 bits per heavy atom. The monoisotopic (exact) mass is 315 g/mol. The molecule has 18 heavy (non-hydrogen) atoms. The number of hydrogen-bond acceptors (Lipinski definition) is 4. The first-order valence-corrected chi connectivity index (χ1v) is 6.35. The van der Waals surface area contributed by atoms with E-state index in [2.05, 4.69) is 26.2 Å². The third-order valence-corrected chi connectivity index (χ3v) is 2.73. The van der Waals surface area contributed by atoms with Crippen molar-refractivity contribution in [2.75, 3.05) is 26.0 Å². The van der Waals surface area contributed by atoms with Crippen molar-refractivity contribution in [2.45, 2.75) is 19.4 Å². The summed E-state index contributed by atoms with van der Waals surface area (Å²) in [5, 5.41) is 12.6. The number of anilines is 1. The Morgan fingerprint density at radius 2 is 2.22 bits per heavy atom. The van der Waals surface area contributed by atoms with Crippen molar-refractivity contribution in [1.29, 1.82) is 0 Å². The van der Waals surface area contributed by atoms with Gasteiger partial charge in [-0.25, -0.2) is 4.98 Å². The van der Waals surface area contributed by atoms with Gasteiger partial charge in [-0.05, 0) is 35.8 Å². The quantitative estimate of drug-likeness (QED) is 0.888. The molecule has 1 aromatic heterocycles. The number of nitrogens with zero attached hydrogens (tertiary/aromatic N) is 2. The molecular formula is C12H18BrN3O2. The Balaban J connectivity index is 2.99. The molecule has 1 aromatic rings. The summed E-state index contributed by atoms with van der Waals surface area (Å²) in [5.41, 5.74) is -0.456. The number of aliphatic hydroxyl groups is 1. The van der Waals surface area contributed by atoms with E-state index < -0.39 is 5.60 Å². The number of amides is 1. The maximum atomic E-state index is 12.3. The molecule has 0 radical (unpaired) electrons. The van der Waals surface area contributed by atoms with Crippen molar-refractivity contribution in [3.05, 3.63) is 22.3 Å². The molecule has 0 aromatic carbocycles. The van der Waals surface area contributed by atoms with E-state index in [9.17, 15) is 9.90 Å². The maximum absolute atomic E-state index is 12.3. The van der Waals surface area contributed by atoms with E-state index in [0.29, 0.717) is 11.4 Å². The van der Waals surface area contributed by atoms with E-state index in [-0.39, 0.29) is 12.5 Å². The molecular weight excluding hydrogens is 298 g/mol. The molecule has 0 aliphatic rings. The lowest BCUT2D eigenvalue weighted by Crippen LogP contribution is -2.40. The van der Waals surface area contributed by atoms with Crippen LogP contribution >= 0.6 is 15.9 Å². The van der Waals surface area contributed by atoms with Crippen molar-refractivity contribution in [3.63, 3.8) is 0 Å². The smallest absolute Gasteiger partial charge is 0.257 e. The van der Waals surface area contributed by atoms with Crippen LogP contribution in [0.2, 0.25) is 0 Å². The molecule has 1 heterocycles. The Labute approximate surface area is 115 Å². The van der Waals surface area contributed by atoms with Crippen LogP contribution in [0.25, 0.3) is 0 Å². The number of carbonyl (C=O) groups is 1. The van der Waals surface area contributed by atoms with E-state index in [1.165, 1.54) is 4.90 Å². The fourth-order valence-corrected chi connectivity index (χ4v) is 1.99. The number of rotatable bonds is 4. The molecule has 0 aliphatic heterocycles. The number of likely N-dealkylation sites (N-methyl/N-ethyl adjacent to an activating group) is 1. The third-order valence-electron chi connectivity index (χ3n) is 2.29. The van der Waals surface area contributed by atoms with Gasteiger partial charge < -0.3 is 15.3 Å². The van der Waals surface area contributed by atoms with Gasteiger partial charge in [-0.1, -0.05) is 0 Å². The summed E-state index contributed by atoms with van der Waals surface area (Å²) in [6.45, 7) is 3.57. The molecule has 1 rings (SSSR count). The summed E-state index contributed by atoms with van der Waals surface area (Å²) in [6, 6.07) is 1.71. The lowest BCUT2D eigenvalue weighted by Gasteiger charge is -2.26. The molecule has 0 atom stereocenters. The van der Waals surface area contributed by atoms with Gasteiger partial charge in [0.25, 0.3) is 5.91 Å². The summed E-state index contributed by atoms with van der Waals surface area (Å²) in [4.78, 5) is 17.9. The molecule has 0 unspecified atom stereocenters. The molecule has 0 aliphatic carbocycles. The van der Waals surface area contributed by atoms with Crippen LogP contribution in [0.5, 0.6) is 0 Å². The SMILES string of the molecule is CNc1ncc(Br)cc1C(=O)N(C)CC(C)(C)O. The zero-order valence-corrected chi connectivity index (χ0v) is 12.6. The standard InChI is InChI=1S/C12H18BrN3O2/c1-12(2,18)7-16(4)11(17)9-5-8(13)6-15-10(9)14-3/h5-6,18H,7H2,1-4H3,(H,14,15). The van der Waals surface area contributed by atoms with E-state index in [1.54, 1.807) is 40.2 Å². The number of carbonyl (C=O) groups excluding carboxylic acids is 1. The van der Waals surface area contributed by atoms with Gasteiger partial charge in [-0.3, -0.25) is 4.79 Å². The molecule has 0 saturated heterocycles. The van der Waals surface area contributed by atoms with Crippen molar-refractivity contribution < 1.29 is 9.90 Å². The van der Waals surface area contributed by atoms with Crippen LogP contribution in [0, 0.1) is 0 Å². The Hall–Kier alpha value is -1.14. The minimum Gasteiger partial charge on any atom is -0.389 e. The highest BCUT2D eigenvalue weighted by molar-refractivity contribution is 9.10. The molecule has 100 valence electrons. The maximum Gasteiger partial charge on any atom is 0.257 e. The van der Waals surface area contributed by atoms with Gasteiger partial charge in [-0.15, -0.1) is 0 Å². The van der Waals surface area contributed by atoms with Crippen LogP contribution < -0.4 is 5.32 Å². The average molecular weight is 316 g/mol. The van der Waals surface area contributed by atoms with Crippen molar-refractivity contribution in [1.82, 2.24) is 9.88 Å². The van der Waals surface area contributed by atoms with Gasteiger partial charge in [0.1, 0.15) is 5.82 Å². The van der Waals surface area contributed by atoms with Crippen LogP contribution in [0.1, 0.15) is 24.2 Å². The summed E-state index contributed by atoms with van der Waals surface area (Å²) in [5.74, 6) is 0.334. The molecule has 0 spiro atoms. The lowest BCUT2D eigenvalue weighted by molar-refractivity contribution is 0.0368. The van der Waals surface area contributed by atoms with E-state index in [4.69, 9.17) is 0 Å². The highest BCUT2D eigenvalue weighted by Gasteiger charge is 2.22. The fraction of sp³-hybridized carbons (Fsp3) is 0.500. The number of nitrogens with one attached hydrogen (secondary N) is 1. The Bertz CT molecular complexity index is 443. The van der Waals surface area contributed by atoms with Gasteiger partial charge in [0.2, 0.25) is 0 Å². The second-order valence-electron chi connectivity index (χ2n) is 4.77. The van der Waals surface area contributed by atoms with E-state index >= 15 is 0 Å². The second kappa shape index (κ2) is 5.67. The highest BCUT2D eigenvalue weighted by atomic mass is 79.9. The van der Waals surface area contributed by atoms with Crippen molar-refractivity contribution in [2.24, 2.45) is 0 Å². The lowest BCUT2D eigenvalue weighted by atomic mass is 10.1.